The molecule has 0 bridgehead atoms. The van der Waals surface area contributed by atoms with E-state index in [0.29, 0.717) is 26.0 Å². The molecule has 0 spiro atoms. The van der Waals surface area contributed by atoms with Crippen molar-refractivity contribution in [3.8, 4) is 11.3 Å². The van der Waals surface area contributed by atoms with Crippen molar-refractivity contribution in [2.75, 3.05) is 27.3 Å². The molecular weight excluding hydrogens is 521 g/mol. The summed E-state index contributed by atoms with van der Waals surface area (Å²) in [5.74, 6) is -0.881. The molecular formula is C30H35F3N4O3. The van der Waals surface area contributed by atoms with E-state index in [1.54, 1.807) is 24.9 Å². The summed E-state index contributed by atoms with van der Waals surface area (Å²) in [6, 6.07) is 15.4. The average molecular weight is 557 g/mol. The van der Waals surface area contributed by atoms with Gasteiger partial charge in [0.1, 0.15) is 6.04 Å². The predicted molar refractivity (Wildman–Crippen MR) is 146 cm³/mol. The van der Waals surface area contributed by atoms with Crippen LogP contribution in [0.15, 0.2) is 60.7 Å². The van der Waals surface area contributed by atoms with Gasteiger partial charge >= 0.3 is 6.18 Å². The summed E-state index contributed by atoms with van der Waals surface area (Å²) in [6.07, 6.45) is -0.244. The molecule has 10 heteroatoms. The SMILES string of the molecule is COCCN(C)C(=O)[C@H](CCc1ccccc1)NC(=O)c1cc(-c2ccccc2C(F)(F)F)n(C2CCCC2)n1. The van der Waals surface area contributed by atoms with Crippen molar-refractivity contribution >= 4 is 11.8 Å². The van der Waals surface area contributed by atoms with Crippen molar-refractivity contribution < 1.29 is 27.5 Å². The molecule has 4 rings (SSSR count). The second-order valence-electron chi connectivity index (χ2n) is 10.1. The molecule has 1 aliphatic carbocycles. The van der Waals surface area contributed by atoms with E-state index in [-0.39, 0.29) is 28.9 Å². The number of nitrogens with one attached hydrogen (secondary N) is 1. The Balaban J connectivity index is 1.64. The standard InChI is InChI=1S/C30H35F3N4O3/c1-36(18-19-40-2)29(39)25(17-16-21-10-4-3-5-11-21)34-28(38)26-20-27(37(35-26)22-12-6-7-13-22)23-14-8-9-15-24(23)30(31,32)33/h3-5,8-11,14-15,20,22,25H,6-7,12-13,16-19H2,1-2H3,(H,34,38)/t25-/m0/s1. The van der Waals surface area contributed by atoms with Crippen molar-refractivity contribution in [2.24, 2.45) is 0 Å². The number of amides is 2. The van der Waals surface area contributed by atoms with Crippen LogP contribution in [0.2, 0.25) is 0 Å². The molecule has 0 saturated heterocycles. The number of carbonyl (C=O) groups excluding carboxylic acids is 2. The Bertz CT molecular complexity index is 1290. The molecule has 0 radical (unpaired) electrons. The highest BCUT2D eigenvalue weighted by Gasteiger charge is 2.35. The molecule has 1 atom stereocenters. The van der Waals surface area contributed by atoms with E-state index in [1.807, 2.05) is 30.3 Å². The Hall–Kier alpha value is -3.66. The predicted octanol–water partition coefficient (Wildman–Crippen LogP) is 5.52. The molecule has 3 aromatic rings. The van der Waals surface area contributed by atoms with Crippen LogP contribution in [-0.4, -0.2) is 59.8 Å². The number of hydrogen-bond acceptors (Lipinski definition) is 4. The molecule has 2 amide bonds. The molecule has 1 heterocycles. The zero-order valence-corrected chi connectivity index (χ0v) is 22.8. The highest BCUT2D eigenvalue weighted by molar-refractivity contribution is 5.97. The summed E-state index contributed by atoms with van der Waals surface area (Å²) < 4.78 is 48.3. The Morgan fingerprint density at radius 3 is 2.45 bits per heavy atom. The van der Waals surface area contributed by atoms with Gasteiger partial charge in [0.15, 0.2) is 5.69 Å². The first-order valence-corrected chi connectivity index (χ1v) is 13.5. The lowest BCUT2D eigenvalue weighted by atomic mass is 10.0. The number of ether oxygens (including phenoxy) is 1. The lowest BCUT2D eigenvalue weighted by Crippen LogP contribution is -2.48. The number of nitrogens with zero attached hydrogens (tertiary/aromatic N) is 3. The molecule has 7 nitrogen and oxygen atoms in total. The number of hydrogen-bond donors (Lipinski definition) is 1. The number of halogens is 3. The van der Waals surface area contributed by atoms with Gasteiger partial charge in [0.2, 0.25) is 5.91 Å². The van der Waals surface area contributed by atoms with Crippen molar-refractivity contribution in [3.63, 3.8) is 0 Å². The molecule has 1 aromatic heterocycles. The topological polar surface area (TPSA) is 76.5 Å². The number of benzene rings is 2. The van der Waals surface area contributed by atoms with E-state index in [0.717, 1.165) is 37.3 Å². The number of likely N-dealkylation sites (N-methyl/N-ethyl adjacent to an activating group) is 1. The number of methoxy groups -OCH3 is 1. The minimum absolute atomic E-state index is 0.0177. The second-order valence-corrected chi connectivity index (χ2v) is 10.1. The third-order valence-electron chi connectivity index (χ3n) is 7.32. The number of aryl methyl sites for hydroxylation is 1. The summed E-state index contributed by atoms with van der Waals surface area (Å²) >= 11 is 0. The largest absolute Gasteiger partial charge is 0.417 e. The third-order valence-corrected chi connectivity index (χ3v) is 7.32. The highest BCUT2D eigenvalue weighted by Crippen LogP contribution is 2.40. The number of aromatic nitrogens is 2. The smallest absolute Gasteiger partial charge is 0.383 e. The second kappa shape index (κ2) is 13.1. The van der Waals surface area contributed by atoms with Gasteiger partial charge in [0, 0.05) is 26.3 Å². The summed E-state index contributed by atoms with van der Waals surface area (Å²) in [7, 11) is 3.19. The van der Waals surface area contributed by atoms with Crippen LogP contribution in [0.3, 0.4) is 0 Å². The summed E-state index contributed by atoms with van der Waals surface area (Å²) in [5, 5.41) is 7.33. The fourth-order valence-electron chi connectivity index (χ4n) is 5.14. The van der Waals surface area contributed by atoms with Gasteiger partial charge in [-0.2, -0.15) is 18.3 Å². The third kappa shape index (κ3) is 7.10. The lowest BCUT2D eigenvalue weighted by molar-refractivity contribution is -0.137. The van der Waals surface area contributed by atoms with Crippen molar-refractivity contribution in [3.05, 3.63) is 77.5 Å². The first kappa shape index (κ1) is 29.3. The summed E-state index contributed by atoms with van der Waals surface area (Å²) in [5.41, 5.74) is 0.442. The van der Waals surface area contributed by atoms with E-state index < -0.39 is 23.7 Å². The first-order chi connectivity index (χ1) is 19.2. The molecule has 0 aliphatic heterocycles. The Labute approximate surface area is 232 Å². The van der Waals surface area contributed by atoms with Crippen LogP contribution < -0.4 is 5.32 Å². The highest BCUT2D eigenvalue weighted by atomic mass is 19.4. The van der Waals surface area contributed by atoms with Crippen molar-refractivity contribution in [2.45, 2.75) is 56.8 Å². The van der Waals surface area contributed by atoms with Gasteiger partial charge in [0.25, 0.3) is 5.91 Å². The van der Waals surface area contributed by atoms with Crippen molar-refractivity contribution in [1.82, 2.24) is 20.0 Å². The van der Waals surface area contributed by atoms with Crippen LogP contribution in [0.1, 0.15) is 59.8 Å². The molecule has 1 fully saturated rings. The molecule has 1 aliphatic rings. The normalized spacial score (nSPS) is 14.7. The maximum atomic E-state index is 13.9. The first-order valence-electron chi connectivity index (χ1n) is 13.5. The van der Waals surface area contributed by atoms with Crippen LogP contribution in [0.4, 0.5) is 13.2 Å². The molecule has 40 heavy (non-hydrogen) atoms. The van der Waals surface area contributed by atoms with Crippen LogP contribution in [0.25, 0.3) is 11.3 Å². The van der Waals surface area contributed by atoms with Gasteiger partial charge in [-0.25, -0.2) is 0 Å². The van der Waals surface area contributed by atoms with Gasteiger partial charge in [0.05, 0.1) is 23.9 Å². The fraction of sp³-hybridized carbons (Fsp3) is 0.433. The Kier molecular flexibility index (Phi) is 9.63. The monoisotopic (exact) mass is 556 g/mol. The van der Waals surface area contributed by atoms with E-state index in [4.69, 9.17) is 4.74 Å². The van der Waals surface area contributed by atoms with Gasteiger partial charge in [-0.15, -0.1) is 0 Å². The molecule has 214 valence electrons. The van der Waals surface area contributed by atoms with Crippen LogP contribution in [-0.2, 0) is 22.1 Å². The minimum Gasteiger partial charge on any atom is -0.383 e. The molecule has 2 aromatic carbocycles. The van der Waals surface area contributed by atoms with Crippen LogP contribution in [0, 0.1) is 0 Å². The van der Waals surface area contributed by atoms with Gasteiger partial charge in [-0.05, 0) is 43.4 Å². The summed E-state index contributed by atoms with van der Waals surface area (Å²) in [6.45, 7) is 0.692. The Morgan fingerprint density at radius 2 is 1.77 bits per heavy atom. The molecule has 1 N–H and O–H groups in total. The minimum atomic E-state index is -4.56. The quantitative estimate of drug-likeness (QED) is 0.338. The number of carbonyl (C=O) groups is 2. The maximum absolute atomic E-state index is 13.9. The lowest BCUT2D eigenvalue weighted by Gasteiger charge is -2.24. The molecule has 0 unspecified atom stereocenters. The zero-order valence-electron chi connectivity index (χ0n) is 22.8. The van der Waals surface area contributed by atoms with E-state index in [9.17, 15) is 22.8 Å². The van der Waals surface area contributed by atoms with Gasteiger partial charge in [-0.1, -0.05) is 61.4 Å². The van der Waals surface area contributed by atoms with Crippen LogP contribution in [0.5, 0.6) is 0 Å². The fourth-order valence-corrected chi connectivity index (χ4v) is 5.14. The number of rotatable bonds is 11. The zero-order chi connectivity index (χ0) is 28.7. The van der Waals surface area contributed by atoms with E-state index in [2.05, 4.69) is 10.4 Å². The van der Waals surface area contributed by atoms with Gasteiger partial charge in [-0.3, -0.25) is 14.3 Å². The van der Waals surface area contributed by atoms with Crippen LogP contribution >= 0.6 is 0 Å². The van der Waals surface area contributed by atoms with Crippen molar-refractivity contribution in [1.29, 1.82) is 0 Å². The summed E-state index contributed by atoms with van der Waals surface area (Å²) in [4.78, 5) is 28.3. The Morgan fingerprint density at radius 1 is 1.10 bits per heavy atom. The van der Waals surface area contributed by atoms with E-state index in [1.165, 1.54) is 23.1 Å². The molecule has 1 saturated carbocycles. The van der Waals surface area contributed by atoms with Gasteiger partial charge < -0.3 is 15.0 Å². The maximum Gasteiger partial charge on any atom is 0.417 e. The average Bonchev–Trinajstić information content (AvgIpc) is 3.64. The number of alkyl halides is 3. The van der Waals surface area contributed by atoms with E-state index >= 15 is 0 Å².